The molecule has 0 unspecified atom stereocenters. The first-order valence-corrected chi connectivity index (χ1v) is 10.7. The lowest BCUT2D eigenvalue weighted by atomic mass is 10.2. The fraction of sp³-hybridized carbons (Fsp3) is 0.0833. The van der Waals surface area contributed by atoms with Crippen molar-refractivity contribution in [3.05, 3.63) is 81.8 Å². The van der Waals surface area contributed by atoms with Gasteiger partial charge in [-0.2, -0.15) is 5.10 Å². The Kier molecular flexibility index (Phi) is 8.66. The predicted octanol–water partition coefficient (Wildman–Crippen LogP) is 4.32. The van der Waals surface area contributed by atoms with Crippen LogP contribution in [0.5, 0.6) is 17.2 Å². The van der Waals surface area contributed by atoms with Gasteiger partial charge in [-0.05, 0) is 48.0 Å². The number of amides is 2. The van der Waals surface area contributed by atoms with Gasteiger partial charge in [0.1, 0.15) is 11.3 Å². The Morgan fingerprint density at radius 2 is 1.60 bits per heavy atom. The zero-order chi connectivity index (χ0) is 25.4. The number of carbonyl (C=O) groups excluding carboxylic acids is 3. The zero-order valence-electron chi connectivity index (χ0n) is 18.5. The van der Waals surface area contributed by atoms with E-state index in [2.05, 4.69) is 15.8 Å². The molecular weight excluding hydrogens is 497 g/mol. The Balaban J connectivity index is 1.64. The number of hydrogen-bond donors (Lipinski definition) is 2. The molecule has 0 aliphatic carbocycles. The fourth-order valence-corrected chi connectivity index (χ4v) is 3.16. The van der Waals surface area contributed by atoms with Gasteiger partial charge in [0, 0.05) is 0 Å². The zero-order valence-corrected chi connectivity index (χ0v) is 20.0. The van der Waals surface area contributed by atoms with Gasteiger partial charge in [-0.3, -0.25) is 9.59 Å². The van der Waals surface area contributed by atoms with Crippen molar-refractivity contribution in [2.45, 2.75) is 0 Å². The molecule has 9 nitrogen and oxygen atoms in total. The van der Waals surface area contributed by atoms with Crippen molar-refractivity contribution in [1.82, 2.24) is 5.43 Å². The van der Waals surface area contributed by atoms with Crippen LogP contribution in [-0.4, -0.2) is 38.2 Å². The average Bonchev–Trinajstić information content (AvgIpc) is 2.87. The van der Waals surface area contributed by atoms with Gasteiger partial charge in [0.15, 0.2) is 11.5 Å². The summed E-state index contributed by atoms with van der Waals surface area (Å²) in [6, 6.07) is 15.9. The predicted molar refractivity (Wildman–Crippen MR) is 132 cm³/mol. The number of halogens is 2. The van der Waals surface area contributed by atoms with Crippen molar-refractivity contribution in [3.63, 3.8) is 0 Å². The summed E-state index contributed by atoms with van der Waals surface area (Å²) in [7, 11) is 2.86. The molecule has 0 fully saturated rings. The van der Waals surface area contributed by atoms with Gasteiger partial charge in [0.25, 0.3) is 0 Å². The molecular formula is C24H19Cl2N3O6. The molecule has 0 saturated carbocycles. The number of carbonyl (C=O) groups is 3. The van der Waals surface area contributed by atoms with E-state index in [0.29, 0.717) is 11.3 Å². The second kappa shape index (κ2) is 11.9. The third-order valence-electron chi connectivity index (χ3n) is 4.50. The summed E-state index contributed by atoms with van der Waals surface area (Å²) in [5.41, 5.74) is 3.04. The number of esters is 1. The summed E-state index contributed by atoms with van der Waals surface area (Å²) in [5.74, 6) is -1.84. The van der Waals surface area contributed by atoms with Crippen molar-refractivity contribution in [2.75, 3.05) is 19.5 Å². The highest BCUT2D eigenvalue weighted by Crippen LogP contribution is 2.30. The highest BCUT2D eigenvalue weighted by molar-refractivity contribution is 6.45. The molecule has 0 saturated heterocycles. The number of hydrazone groups is 1. The van der Waals surface area contributed by atoms with E-state index in [1.54, 1.807) is 42.5 Å². The van der Waals surface area contributed by atoms with Crippen LogP contribution >= 0.6 is 23.2 Å². The Labute approximate surface area is 210 Å². The van der Waals surface area contributed by atoms with Crippen molar-refractivity contribution < 1.29 is 28.6 Å². The number of para-hydroxylation sites is 1. The molecule has 0 aliphatic heterocycles. The lowest BCUT2D eigenvalue weighted by Gasteiger charge is -2.11. The quantitative estimate of drug-likeness (QED) is 0.159. The normalized spacial score (nSPS) is 10.5. The molecule has 0 aliphatic rings. The minimum absolute atomic E-state index is 0.109. The molecule has 3 aromatic carbocycles. The van der Waals surface area contributed by atoms with E-state index in [9.17, 15) is 14.4 Å². The number of methoxy groups -OCH3 is 2. The smallest absolute Gasteiger partial charge is 0.347 e. The van der Waals surface area contributed by atoms with E-state index in [-0.39, 0.29) is 32.8 Å². The summed E-state index contributed by atoms with van der Waals surface area (Å²) in [6.07, 6.45) is 1.28. The second-order valence-corrected chi connectivity index (χ2v) is 7.54. The molecule has 3 aromatic rings. The van der Waals surface area contributed by atoms with E-state index in [0.717, 1.165) is 0 Å². The second-order valence-electron chi connectivity index (χ2n) is 6.75. The first kappa shape index (κ1) is 25.5. The van der Waals surface area contributed by atoms with Crippen molar-refractivity contribution >= 4 is 52.9 Å². The highest BCUT2D eigenvalue weighted by atomic mass is 35.5. The molecule has 35 heavy (non-hydrogen) atoms. The minimum atomic E-state index is -1.02. The summed E-state index contributed by atoms with van der Waals surface area (Å²) < 4.78 is 15.9. The van der Waals surface area contributed by atoms with E-state index < -0.39 is 17.8 Å². The number of ether oxygens (including phenoxy) is 3. The lowest BCUT2D eigenvalue weighted by Crippen LogP contribution is -2.32. The Bertz CT molecular complexity index is 1300. The van der Waals surface area contributed by atoms with Crippen molar-refractivity contribution in [3.8, 4) is 17.2 Å². The van der Waals surface area contributed by atoms with Crippen LogP contribution in [0.3, 0.4) is 0 Å². The molecule has 0 aromatic heterocycles. The number of nitrogens with zero attached hydrogens (tertiary/aromatic N) is 1. The van der Waals surface area contributed by atoms with Crippen molar-refractivity contribution in [1.29, 1.82) is 0 Å². The van der Waals surface area contributed by atoms with Gasteiger partial charge in [-0.1, -0.05) is 41.4 Å². The Morgan fingerprint density at radius 3 is 2.34 bits per heavy atom. The molecule has 180 valence electrons. The van der Waals surface area contributed by atoms with E-state index >= 15 is 0 Å². The number of hydrogen-bond acceptors (Lipinski definition) is 7. The average molecular weight is 516 g/mol. The molecule has 0 heterocycles. The summed E-state index contributed by atoms with van der Waals surface area (Å²) in [4.78, 5) is 36.6. The Morgan fingerprint density at radius 1 is 0.857 bits per heavy atom. The minimum Gasteiger partial charge on any atom is -0.496 e. The van der Waals surface area contributed by atoms with Crippen LogP contribution in [0.15, 0.2) is 65.8 Å². The Hall–Kier alpha value is -4.08. The maximum absolute atomic E-state index is 12.5. The van der Waals surface area contributed by atoms with Crippen LogP contribution in [0.1, 0.15) is 15.9 Å². The van der Waals surface area contributed by atoms with Gasteiger partial charge in [-0.25, -0.2) is 10.2 Å². The molecule has 0 bridgehead atoms. The largest absolute Gasteiger partial charge is 0.496 e. The van der Waals surface area contributed by atoms with Gasteiger partial charge in [-0.15, -0.1) is 0 Å². The number of nitrogens with one attached hydrogen (secondary N) is 2. The lowest BCUT2D eigenvalue weighted by molar-refractivity contribution is -0.136. The maximum atomic E-state index is 12.5. The number of anilines is 1. The van der Waals surface area contributed by atoms with E-state index in [1.807, 2.05) is 0 Å². The molecule has 0 radical (unpaired) electrons. The van der Waals surface area contributed by atoms with E-state index in [1.165, 1.54) is 38.6 Å². The van der Waals surface area contributed by atoms with Gasteiger partial charge >= 0.3 is 17.8 Å². The topological polar surface area (TPSA) is 115 Å². The van der Waals surface area contributed by atoms with E-state index in [4.69, 9.17) is 37.4 Å². The summed E-state index contributed by atoms with van der Waals surface area (Å²) in [6.45, 7) is 0. The first-order chi connectivity index (χ1) is 16.8. The SMILES string of the molecule is COc1cc(C=NNC(=O)C(=O)Nc2cccc(Cl)c2Cl)ccc1OC(=O)c1ccccc1OC. The first-order valence-electron chi connectivity index (χ1n) is 9.95. The molecule has 2 amide bonds. The van der Waals surface area contributed by atoms with Gasteiger partial charge in [0.05, 0.1) is 36.2 Å². The van der Waals surface area contributed by atoms with Crippen LogP contribution in [0.4, 0.5) is 5.69 Å². The summed E-state index contributed by atoms with van der Waals surface area (Å²) in [5, 5.41) is 6.44. The van der Waals surface area contributed by atoms with Crippen molar-refractivity contribution in [2.24, 2.45) is 5.10 Å². The number of benzene rings is 3. The molecule has 11 heteroatoms. The van der Waals surface area contributed by atoms with Gasteiger partial charge < -0.3 is 19.5 Å². The fourth-order valence-electron chi connectivity index (χ4n) is 2.81. The molecule has 2 N–H and O–H groups in total. The summed E-state index contributed by atoms with van der Waals surface area (Å²) >= 11 is 11.9. The third-order valence-corrected chi connectivity index (χ3v) is 5.32. The van der Waals surface area contributed by atoms with Crippen LogP contribution in [0.25, 0.3) is 0 Å². The van der Waals surface area contributed by atoms with Crippen LogP contribution in [-0.2, 0) is 9.59 Å². The standard InChI is InChI=1S/C24H19Cl2N3O6/c1-33-18-9-4-3-6-15(18)24(32)35-19-11-10-14(12-20(19)34-2)13-27-29-23(31)22(30)28-17-8-5-7-16(25)21(17)26/h3-13H,1-2H3,(H,28,30)(H,29,31). The van der Waals surface area contributed by atoms with Crippen LogP contribution in [0.2, 0.25) is 10.0 Å². The molecule has 0 spiro atoms. The molecule has 3 rings (SSSR count). The van der Waals surface area contributed by atoms with Crippen LogP contribution in [0, 0.1) is 0 Å². The van der Waals surface area contributed by atoms with Gasteiger partial charge in [0.2, 0.25) is 0 Å². The monoisotopic (exact) mass is 515 g/mol. The van der Waals surface area contributed by atoms with Crippen LogP contribution < -0.4 is 25.0 Å². The molecule has 0 atom stereocenters. The third kappa shape index (κ3) is 6.50. The maximum Gasteiger partial charge on any atom is 0.347 e. The number of rotatable bonds is 7. The highest BCUT2D eigenvalue weighted by Gasteiger charge is 2.17.